The van der Waals surface area contributed by atoms with E-state index in [2.05, 4.69) is 13.8 Å². The molecule has 0 heterocycles. The molecule has 0 aliphatic carbocycles. The maximum absolute atomic E-state index is 13.0. The molecule has 1 rings (SSSR count). The summed E-state index contributed by atoms with van der Waals surface area (Å²) < 4.78 is 13.0. The van der Waals surface area contributed by atoms with Crippen LogP contribution >= 0.6 is 11.6 Å². The lowest BCUT2D eigenvalue weighted by atomic mass is 9.95. The van der Waals surface area contributed by atoms with E-state index >= 15 is 0 Å². The number of aryl methyl sites for hydroxylation is 1. The first-order valence-electron chi connectivity index (χ1n) is 4.54. The van der Waals surface area contributed by atoms with Crippen LogP contribution in [0.3, 0.4) is 0 Å². The minimum atomic E-state index is -0.244. The molecule has 1 aromatic carbocycles. The Kier molecular flexibility index (Phi) is 3.32. The van der Waals surface area contributed by atoms with Gasteiger partial charge in [0.1, 0.15) is 5.82 Å². The summed E-state index contributed by atoms with van der Waals surface area (Å²) in [6, 6.07) is 2.96. The minimum absolute atomic E-state index is 0.244. The molecule has 0 nitrogen and oxygen atoms in total. The van der Waals surface area contributed by atoms with Crippen molar-refractivity contribution in [2.75, 3.05) is 0 Å². The van der Waals surface area contributed by atoms with Crippen molar-refractivity contribution in [3.05, 3.63) is 34.1 Å². The summed E-state index contributed by atoms with van der Waals surface area (Å²) in [6.45, 7) is 6.15. The van der Waals surface area contributed by atoms with Crippen LogP contribution in [0.2, 0.25) is 5.02 Å². The smallest absolute Gasteiger partial charge is 0.124 e. The summed E-state index contributed by atoms with van der Waals surface area (Å²) in [7, 11) is 0. The summed E-state index contributed by atoms with van der Waals surface area (Å²) in [5.74, 6) is 0.106. The zero-order valence-electron chi connectivity index (χ0n) is 8.20. The maximum Gasteiger partial charge on any atom is 0.124 e. The predicted molar refractivity (Wildman–Crippen MR) is 54.9 cm³/mol. The van der Waals surface area contributed by atoms with Gasteiger partial charge in [0.25, 0.3) is 0 Å². The van der Waals surface area contributed by atoms with Crippen molar-refractivity contribution in [2.45, 2.75) is 33.1 Å². The van der Waals surface area contributed by atoms with Crippen LogP contribution in [0.1, 0.15) is 37.8 Å². The van der Waals surface area contributed by atoms with Gasteiger partial charge >= 0.3 is 0 Å². The van der Waals surface area contributed by atoms with E-state index in [1.165, 1.54) is 6.07 Å². The molecule has 0 saturated heterocycles. The lowest BCUT2D eigenvalue weighted by molar-refractivity contribution is 0.623. The van der Waals surface area contributed by atoms with Gasteiger partial charge in [-0.05, 0) is 35.6 Å². The number of hydrogen-bond acceptors (Lipinski definition) is 0. The summed E-state index contributed by atoms with van der Waals surface area (Å²) in [6.07, 6.45) is 0.824. The van der Waals surface area contributed by atoms with Crippen molar-refractivity contribution in [2.24, 2.45) is 0 Å². The fraction of sp³-hybridized carbons (Fsp3) is 0.455. The second kappa shape index (κ2) is 4.10. The highest BCUT2D eigenvalue weighted by Crippen LogP contribution is 2.29. The highest BCUT2D eigenvalue weighted by atomic mass is 35.5. The number of rotatable bonds is 2. The number of hydrogen-bond donors (Lipinski definition) is 0. The summed E-state index contributed by atoms with van der Waals surface area (Å²) in [4.78, 5) is 0. The molecule has 0 spiro atoms. The van der Waals surface area contributed by atoms with Gasteiger partial charge in [-0.1, -0.05) is 32.4 Å². The molecule has 0 fully saturated rings. The first kappa shape index (κ1) is 10.5. The molecule has 0 radical (unpaired) electrons. The molecule has 0 saturated carbocycles. The van der Waals surface area contributed by atoms with E-state index in [1.54, 1.807) is 6.07 Å². The molecule has 0 aromatic heterocycles. The molecule has 13 heavy (non-hydrogen) atoms. The number of halogens is 2. The van der Waals surface area contributed by atoms with Gasteiger partial charge in [-0.15, -0.1) is 0 Å². The minimum Gasteiger partial charge on any atom is -0.207 e. The van der Waals surface area contributed by atoms with Crippen LogP contribution in [0.25, 0.3) is 0 Å². The molecule has 0 atom stereocenters. The summed E-state index contributed by atoms with van der Waals surface area (Å²) in [5.41, 5.74) is 2.09. The third-order valence-corrected chi connectivity index (χ3v) is 2.45. The fourth-order valence-electron chi connectivity index (χ4n) is 1.58. The van der Waals surface area contributed by atoms with Crippen LogP contribution in [-0.2, 0) is 6.42 Å². The monoisotopic (exact) mass is 200 g/mol. The van der Waals surface area contributed by atoms with Crippen molar-refractivity contribution in [1.82, 2.24) is 0 Å². The van der Waals surface area contributed by atoms with E-state index in [0.717, 1.165) is 17.5 Å². The quantitative estimate of drug-likeness (QED) is 0.673. The van der Waals surface area contributed by atoms with Gasteiger partial charge in [0.15, 0.2) is 0 Å². The number of benzene rings is 1. The molecular formula is C11H14ClF. The van der Waals surface area contributed by atoms with Crippen molar-refractivity contribution >= 4 is 11.6 Å². The average Bonchev–Trinajstić information content (AvgIpc) is 2.01. The van der Waals surface area contributed by atoms with Gasteiger partial charge in [-0.25, -0.2) is 4.39 Å². The van der Waals surface area contributed by atoms with Crippen LogP contribution < -0.4 is 0 Å². The van der Waals surface area contributed by atoms with E-state index < -0.39 is 0 Å². The van der Waals surface area contributed by atoms with Gasteiger partial charge in [-0.2, -0.15) is 0 Å². The Hall–Kier alpha value is -0.560. The van der Waals surface area contributed by atoms with E-state index in [9.17, 15) is 4.39 Å². The Morgan fingerprint density at radius 2 is 2.00 bits per heavy atom. The third-order valence-electron chi connectivity index (χ3n) is 2.14. The zero-order chi connectivity index (χ0) is 10.0. The second-order valence-electron chi connectivity index (χ2n) is 3.47. The first-order chi connectivity index (χ1) is 6.06. The SMILES string of the molecule is CCc1cc(F)cc(Cl)c1C(C)C. The van der Waals surface area contributed by atoms with Crippen molar-refractivity contribution in [3.63, 3.8) is 0 Å². The predicted octanol–water partition coefficient (Wildman–Crippen LogP) is 4.16. The average molecular weight is 201 g/mol. The summed E-state index contributed by atoms with van der Waals surface area (Å²) in [5, 5.41) is 0.548. The van der Waals surface area contributed by atoms with E-state index in [0.29, 0.717) is 10.9 Å². The van der Waals surface area contributed by atoms with Gasteiger partial charge in [0, 0.05) is 5.02 Å². The van der Waals surface area contributed by atoms with Crippen molar-refractivity contribution in [1.29, 1.82) is 0 Å². The molecule has 1 aromatic rings. The highest BCUT2D eigenvalue weighted by molar-refractivity contribution is 6.31. The lowest BCUT2D eigenvalue weighted by Crippen LogP contribution is -1.97. The van der Waals surface area contributed by atoms with E-state index in [-0.39, 0.29) is 5.82 Å². The molecular weight excluding hydrogens is 187 g/mol. The Balaban J connectivity index is 3.30. The normalized spacial score (nSPS) is 10.9. The fourth-order valence-corrected chi connectivity index (χ4v) is 2.02. The zero-order valence-corrected chi connectivity index (χ0v) is 8.95. The van der Waals surface area contributed by atoms with Crippen LogP contribution in [0.5, 0.6) is 0 Å². The van der Waals surface area contributed by atoms with E-state index in [1.807, 2.05) is 6.92 Å². The molecule has 0 unspecified atom stereocenters. The molecule has 72 valence electrons. The van der Waals surface area contributed by atoms with Gasteiger partial charge in [0.05, 0.1) is 0 Å². The Bertz CT molecular complexity index is 305. The maximum atomic E-state index is 13.0. The molecule has 0 aliphatic rings. The molecule has 0 bridgehead atoms. The first-order valence-corrected chi connectivity index (χ1v) is 4.91. The molecule has 0 N–H and O–H groups in total. The van der Waals surface area contributed by atoms with Crippen LogP contribution in [0, 0.1) is 5.82 Å². The molecule has 0 aliphatic heterocycles. The van der Waals surface area contributed by atoms with Crippen molar-refractivity contribution in [3.8, 4) is 0 Å². The molecule has 2 heteroatoms. The van der Waals surface area contributed by atoms with Gasteiger partial charge < -0.3 is 0 Å². The Labute approximate surface area is 83.7 Å². The lowest BCUT2D eigenvalue weighted by Gasteiger charge is -2.13. The van der Waals surface area contributed by atoms with Crippen molar-refractivity contribution < 1.29 is 4.39 Å². The Morgan fingerprint density at radius 3 is 2.46 bits per heavy atom. The highest BCUT2D eigenvalue weighted by Gasteiger charge is 2.11. The van der Waals surface area contributed by atoms with Crippen LogP contribution in [-0.4, -0.2) is 0 Å². The van der Waals surface area contributed by atoms with E-state index in [4.69, 9.17) is 11.6 Å². The van der Waals surface area contributed by atoms with Gasteiger partial charge in [0.2, 0.25) is 0 Å². The van der Waals surface area contributed by atoms with Gasteiger partial charge in [-0.3, -0.25) is 0 Å². The van der Waals surface area contributed by atoms with Crippen LogP contribution in [0.15, 0.2) is 12.1 Å². The molecule has 0 amide bonds. The topological polar surface area (TPSA) is 0 Å². The second-order valence-corrected chi connectivity index (χ2v) is 3.88. The van der Waals surface area contributed by atoms with Crippen LogP contribution in [0.4, 0.5) is 4.39 Å². The largest absolute Gasteiger partial charge is 0.207 e. The third kappa shape index (κ3) is 2.22. The summed E-state index contributed by atoms with van der Waals surface area (Å²) >= 11 is 5.97. The Morgan fingerprint density at radius 1 is 1.38 bits per heavy atom. The standard InChI is InChI=1S/C11H14ClF/c1-4-8-5-9(13)6-10(12)11(8)7(2)3/h5-7H,4H2,1-3H3.